The zero-order valence-electron chi connectivity index (χ0n) is 14.7. The highest BCUT2D eigenvalue weighted by Crippen LogP contribution is 2.26. The Bertz CT molecular complexity index is 817. The number of nitrogens with zero attached hydrogens (tertiary/aromatic N) is 2. The number of rotatable bonds is 8. The van der Waals surface area contributed by atoms with Crippen LogP contribution in [0.2, 0.25) is 0 Å². The van der Waals surface area contributed by atoms with Crippen molar-refractivity contribution in [1.82, 2.24) is 15.2 Å². The third-order valence-electron chi connectivity index (χ3n) is 3.94. The Kier molecular flexibility index (Phi) is 6.49. The molecule has 7 heteroatoms. The topological polar surface area (TPSA) is 58.4 Å². The highest BCUT2D eigenvalue weighted by atomic mass is 32.2. The molecule has 3 rings (SSSR count). The predicted octanol–water partition coefficient (Wildman–Crippen LogP) is 4.06. The maximum atomic E-state index is 12.7. The zero-order chi connectivity index (χ0) is 18.4. The third-order valence-corrected chi connectivity index (χ3v) is 5.68. The van der Waals surface area contributed by atoms with Gasteiger partial charge in [-0.25, -0.2) is 4.98 Å². The van der Waals surface area contributed by atoms with Gasteiger partial charge in [0.2, 0.25) is 0 Å². The first-order valence-electron chi connectivity index (χ1n) is 8.22. The fourth-order valence-electron chi connectivity index (χ4n) is 2.54. The average Bonchev–Trinajstić information content (AvgIpc) is 3.34. The smallest absolute Gasteiger partial charge is 0.252 e. The number of hydrogen-bond acceptors (Lipinski definition) is 6. The minimum Gasteiger partial charge on any atom is -0.468 e. The third kappa shape index (κ3) is 4.75. The molecule has 0 radical (unpaired) electrons. The van der Waals surface area contributed by atoms with Crippen LogP contribution < -0.4 is 5.32 Å². The number of thiazole rings is 1. The van der Waals surface area contributed by atoms with Crippen LogP contribution in [-0.2, 0) is 5.75 Å². The molecule has 1 aromatic carbocycles. The van der Waals surface area contributed by atoms with Crippen molar-refractivity contribution < 1.29 is 9.21 Å². The van der Waals surface area contributed by atoms with E-state index in [0.717, 1.165) is 22.1 Å². The van der Waals surface area contributed by atoms with Crippen molar-refractivity contribution in [3.05, 3.63) is 70.6 Å². The van der Waals surface area contributed by atoms with Crippen molar-refractivity contribution in [3.8, 4) is 0 Å². The summed E-state index contributed by atoms with van der Waals surface area (Å²) in [6.07, 6.45) is 1.65. The van der Waals surface area contributed by atoms with Gasteiger partial charge in [0, 0.05) is 22.6 Å². The lowest BCUT2D eigenvalue weighted by Gasteiger charge is -2.22. The fourth-order valence-corrected chi connectivity index (χ4v) is 4.16. The van der Waals surface area contributed by atoms with E-state index in [2.05, 4.69) is 10.3 Å². The normalized spacial score (nSPS) is 12.3. The summed E-state index contributed by atoms with van der Waals surface area (Å²) in [5.41, 5.74) is 3.54. The summed E-state index contributed by atoms with van der Waals surface area (Å²) >= 11 is 3.21. The number of amides is 1. The number of carbonyl (C=O) groups is 1. The van der Waals surface area contributed by atoms with E-state index in [-0.39, 0.29) is 11.9 Å². The SMILES string of the molecule is CN(C)C(CNC(=O)c1ccccc1SCc1cscn1)c1ccco1. The van der Waals surface area contributed by atoms with E-state index in [1.165, 1.54) is 0 Å². The number of hydrogen-bond donors (Lipinski definition) is 1. The van der Waals surface area contributed by atoms with Crippen LogP contribution in [0.25, 0.3) is 0 Å². The van der Waals surface area contributed by atoms with Crippen molar-refractivity contribution in [1.29, 1.82) is 0 Å². The van der Waals surface area contributed by atoms with Crippen molar-refractivity contribution in [2.75, 3.05) is 20.6 Å². The molecule has 26 heavy (non-hydrogen) atoms. The second-order valence-corrected chi connectivity index (χ2v) is 7.71. The molecule has 2 aromatic heterocycles. The van der Waals surface area contributed by atoms with Crippen LogP contribution in [-0.4, -0.2) is 36.4 Å². The summed E-state index contributed by atoms with van der Waals surface area (Å²) in [7, 11) is 3.94. The van der Waals surface area contributed by atoms with Crippen molar-refractivity contribution in [2.24, 2.45) is 0 Å². The molecule has 1 atom stereocenters. The minimum absolute atomic E-state index is 0.0104. The lowest BCUT2D eigenvalue weighted by Crippen LogP contribution is -2.34. The Hall–Kier alpha value is -2.09. The van der Waals surface area contributed by atoms with Gasteiger partial charge in [0.05, 0.1) is 29.1 Å². The Labute approximate surface area is 161 Å². The van der Waals surface area contributed by atoms with Crippen LogP contribution in [0.1, 0.15) is 27.9 Å². The van der Waals surface area contributed by atoms with Gasteiger partial charge in [-0.1, -0.05) is 12.1 Å². The van der Waals surface area contributed by atoms with Crippen molar-refractivity contribution >= 4 is 29.0 Å². The first-order chi connectivity index (χ1) is 12.6. The summed E-state index contributed by atoms with van der Waals surface area (Å²) < 4.78 is 5.50. The van der Waals surface area contributed by atoms with Gasteiger partial charge in [-0.2, -0.15) is 0 Å². The highest BCUT2D eigenvalue weighted by Gasteiger charge is 2.19. The van der Waals surface area contributed by atoms with Gasteiger partial charge in [0.15, 0.2) is 0 Å². The largest absolute Gasteiger partial charge is 0.468 e. The molecule has 1 amide bonds. The first-order valence-corrected chi connectivity index (χ1v) is 10.1. The molecule has 0 aliphatic rings. The number of thioether (sulfide) groups is 1. The molecule has 0 aliphatic heterocycles. The van der Waals surface area contributed by atoms with Gasteiger partial charge >= 0.3 is 0 Å². The molecule has 0 aliphatic carbocycles. The zero-order valence-corrected chi connectivity index (χ0v) is 16.3. The summed E-state index contributed by atoms with van der Waals surface area (Å²) in [5.74, 6) is 1.51. The molecule has 1 N–H and O–H groups in total. The number of furan rings is 1. The van der Waals surface area contributed by atoms with Gasteiger partial charge in [-0.15, -0.1) is 23.1 Å². The van der Waals surface area contributed by atoms with Crippen LogP contribution in [0, 0.1) is 0 Å². The van der Waals surface area contributed by atoms with E-state index in [9.17, 15) is 4.79 Å². The quantitative estimate of drug-likeness (QED) is 0.591. The average molecular weight is 388 g/mol. The summed E-state index contributed by atoms with van der Waals surface area (Å²) in [4.78, 5) is 20.0. The second kappa shape index (κ2) is 9.02. The Balaban J connectivity index is 1.65. The summed E-state index contributed by atoms with van der Waals surface area (Å²) in [6.45, 7) is 0.477. The van der Waals surface area contributed by atoms with E-state index in [4.69, 9.17) is 4.42 Å². The number of benzene rings is 1. The molecule has 0 fully saturated rings. The molecule has 3 aromatic rings. The van der Waals surface area contributed by atoms with E-state index >= 15 is 0 Å². The van der Waals surface area contributed by atoms with Gasteiger partial charge in [-0.05, 0) is 38.4 Å². The van der Waals surface area contributed by atoms with Crippen LogP contribution in [0.4, 0.5) is 0 Å². The van der Waals surface area contributed by atoms with Gasteiger partial charge in [-0.3, -0.25) is 9.69 Å². The molecule has 136 valence electrons. The molecule has 0 saturated heterocycles. The van der Waals surface area contributed by atoms with Crippen LogP contribution >= 0.6 is 23.1 Å². The predicted molar refractivity (Wildman–Crippen MR) is 106 cm³/mol. The summed E-state index contributed by atoms with van der Waals surface area (Å²) in [6, 6.07) is 11.4. The lowest BCUT2D eigenvalue weighted by molar-refractivity contribution is 0.0936. The Morgan fingerprint density at radius 3 is 2.85 bits per heavy atom. The van der Waals surface area contributed by atoms with Crippen molar-refractivity contribution in [2.45, 2.75) is 16.7 Å². The molecule has 0 spiro atoms. The maximum Gasteiger partial charge on any atom is 0.252 e. The second-order valence-electron chi connectivity index (χ2n) is 5.97. The molecule has 2 heterocycles. The van der Waals surface area contributed by atoms with Crippen LogP contribution in [0.5, 0.6) is 0 Å². The fraction of sp³-hybridized carbons (Fsp3) is 0.263. The highest BCUT2D eigenvalue weighted by molar-refractivity contribution is 7.98. The van der Waals surface area contributed by atoms with Crippen LogP contribution in [0.15, 0.2) is 62.9 Å². The van der Waals surface area contributed by atoms with Crippen LogP contribution in [0.3, 0.4) is 0 Å². The number of carbonyl (C=O) groups excluding carboxylic acids is 1. The first kappa shape index (κ1) is 18.7. The van der Waals surface area contributed by atoms with E-state index in [0.29, 0.717) is 12.1 Å². The van der Waals surface area contributed by atoms with Gasteiger partial charge in [0.1, 0.15) is 5.76 Å². The lowest BCUT2D eigenvalue weighted by atomic mass is 10.1. The monoisotopic (exact) mass is 387 g/mol. The molecular weight excluding hydrogens is 366 g/mol. The van der Waals surface area contributed by atoms with Gasteiger partial charge < -0.3 is 9.73 Å². The molecule has 0 saturated carbocycles. The molecular formula is C19H21N3O2S2. The molecule has 0 bridgehead atoms. The van der Waals surface area contributed by atoms with E-state index < -0.39 is 0 Å². The standard InChI is InChI=1S/C19H21N3O2S2/c1-22(2)16(17-7-5-9-24-17)10-20-19(23)15-6-3-4-8-18(15)26-12-14-11-25-13-21-14/h3-9,11,13,16H,10,12H2,1-2H3,(H,20,23). The molecule has 1 unspecified atom stereocenters. The molecule has 5 nitrogen and oxygen atoms in total. The van der Waals surface area contributed by atoms with E-state index in [1.807, 2.05) is 66.3 Å². The number of nitrogens with one attached hydrogen (secondary N) is 1. The van der Waals surface area contributed by atoms with Crippen molar-refractivity contribution in [3.63, 3.8) is 0 Å². The Morgan fingerprint density at radius 1 is 1.31 bits per heavy atom. The van der Waals surface area contributed by atoms with Gasteiger partial charge in [0.25, 0.3) is 5.91 Å². The van der Waals surface area contributed by atoms with E-state index in [1.54, 1.807) is 29.4 Å². The number of aromatic nitrogens is 1. The summed E-state index contributed by atoms with van der Waals surface area (Å²) in [5, 5.41) is 5.06. The number of likely N-dealkylation sites (N-methyl/N-ethyl adjacent to an activating group) is 1. The maximum absolute atomic E-state index is 12.7. The Morgan fingerprint density at radius 2 is 2.15 bits per heavy atom. The minimum atomic E-state index is -0.0789.